The van der Waals surface area contributed by atoms with Crippen molar-refractivity contribution < 1.29 is 0 Å². The lowest BCUT2D eigenvalue weighted by molar-refractivity contribution is 0.797. The maximum absolute atomic E-state index is 5.89. The van der Waals surface area contributed by atoms with E-state index in [1.54, 1.807) is 18.6 Å². The van der Waals surface area contributed by atoms with E-state index in [0.717, 1.165) is 12.1 Å². The number of nitrogens with zero attached hydrogens (tertiary/aromatic N) is 2. The van der Waals surface area contributed by atoms with Crippen LogP contribution in [0, 0.1) is 6.20 Å². The Morgan fingerprint density at radius 3 is 2.79 bits per heavy atom. The number of hydrogen-bond donors (Lipinski definition) is 0. The predicted octanol–water partition coefficient (Wildman–Crippen LogP) is 3.04. The molecule has 0 bridgehead atoms. The molecular weight excluding hydrogens is 219 g/mol. The minimum Gasteiger partial charge on any atom is -0.332 e. The van der Waals surface area contributed by atoms with E-state index in [-0.39, 0.29) is 0 Å². The first-order valence-electron chi connectivity index (χ1n) is 4.07. The highest BCUT2D eigenvalue weighted by molar-refractivity contribution is 6.42. The topological polar surface area (TPSA) is 17.8 Å². The van der Waals surface area contributed by atoms with Crippen LogP contribution in [-0.2, 0) is 6.54 Å². The Balaban J connectivity index is 2.22. The predicted molar refractivity (Wildman–Crippen MR) is 56.6 cm³/mol. The second-order valence-corrected chi connectivity index (χ2v) is 3.74. The Hall–Kier alpha value is -0.990. The molecule has 71 valence electrons. The van der Waals surface area contributed by atoms with Crippen LogP contribution in [0.2, 0.25) is 10.0 Å². The maximum Gasteiger partial charge on any atom is 0.108 e. The van der Waals surface area contributed by atoms with Crippen molar-refractivity contribution in [2.75, 3.05) is 0 Å². The smallest absolute Gasteiger partial charge is 0.108 e. The van der Waals surface area contributed by atoms with Gasteiger partial charge in [0.05, 0.1) is 16.4 Å². The summed E-state index contributed by atoms with van der Waals surface area (Å²) >= 11 is 11.7. The molecule has 0 spiro atoms. The van der Waals surface area contributed by atoms with Crippen molar-refractivity contribution in [3.8, 4) is 0 Å². The van der Waals surface area contributed by atoms with Gasteiger partial charge in [0.2, 0.25) is 0 Å². The van der Waals surface area contributed by atoms with Gasteiger partial charge < -0.3 is 4.57 Å². The number of imidazole rings is 1. The molecule has 1 radical (unpaired) electrons. The van der Waals surface area contributed by atoms with Gasteiger partial charge in [-0.05, 0) is 17.7 Å². The van der Waals surface area contributed by atoms with E-state index < -0.39 is 0 Å². The largest absolute Gasteiger partial charge is 0.332 e. The average molecular weight is 226 g/mol. The maximum atomic E-state index is 5.89. The average Bonchev–Trinajstić information content (AvgIpc) is 2.64. The molecule has 0 N–H and O–H groups in total. The fourth-order valence-corrected chi connectivity index (χ4v) is 1.50. The van der Waals surface area contributed by atoms with Gasteiger partial charge in [-0.3, -0.25) is 0 Å². The van der Waals surface area contributed by atoms with E-state index in [0.29, 0.717) is 10.0 Å². The Labute approximate surface area is 92.1 Å². The van der Waals surface area contributed by atoms with Crippen LogP contribution in [0.5, 0.6) is 0 Å². The lowest BCUT2D eigenvalue weighted by atomic mass is 10.2. The SMILES string of the molecule is Clc1ccc(Cn2c[c]nc2)cc1Cl. The molecule has 2 nitrogen and oxygen atoms in total. The number of rotatable bonds is 2. The molecule has 0 atom stereocenters. The fraction of sp³-hybridized carbons (Fsp3) is 0.100. The zero-order valence-corrected chi connectivity index (χ0v) is 8.76. The minimum absolute atomic E-state index is 0.576. The molecule has 1 aromatic heterocycles. The number of halogens is 2. The van der Waals surface area contributed by atoms with E-state index in [9.17, 15) is 0 Å². The van der Waals surface area contributed by atoms with E-state index in [1.807, 2.05) is 16.7 Å². The van der Waals surface area contributed by atoms with Gasteiger partial charge in [-0.2, -0.15) is 0 Å². The number of hydrogen-bond acceptors (Lipinski definition) is 1. The molecule has 2 rings (SSSR count). The van der Waals surface area contributed by atoms with Gasteiger partial charge in [-0.15, -0.1) is 0 Å². The summed E-state index contributed by atoms with van der Waals surface area (Å²) in [7, 11) is 0. The molecular formula is C10H7Cl2N2. The normalized spacial score (nSPS) is 10.4. The molecule has 0 fully saturated rings. The molecule has 0 aliphatic heterocycles. The van der Waals surface area contributed by atoms with Crippen molar-refractivity contribution in [1.82, 2.24) is 9.55 Å². The van der Waals surface area contributed by atoms with Gasteiger partial charge in [0.25, 0.3) is 0 Å². The van der Waals surface area contributed by atoms with Crippen molar-refractivity contribution in [3.05, 3.63) is 52.5 Å². The Kier molecular flexibility index (Phi) is 2.75. The number of aromatic nitrogens is 2. The lowest BCUT2D eigenvalue weighted by Gasteiger charge is -2.03. The zero-order chi connectivity index (χ0) is 9.97. The van der Waals surface area contributed by atoms with Crippen LogP contribution < -0.4 is 0 Å². The monoisotopic (exact) mass is 225 g/mol. The highest BCUT2D eigenvalue weighted by atomic mass is 35.5. The second-order valence-electron chi connectivity index (χ2n) is 2.92. The first-order valence-corrected chi connectivity index (χ1v) is 4.83. The summed E-state index contributed by atoms with van der Waals surface area (Å²) < 4.78 is 1.92. The van der Waals surface area contributed by atoms with Gasteiger partial charge in [0.1, 0.15) is 6.20 Å². The summed E-state index contributed by atoms with van der Waals surface area (Å²) in [6.45, 7) is 0.730. The summed E-state index contributed by atoms with van der Waals surface area (Å²) in [6, 6.07) is 5.58. The standard InChI is InChI=1S/C10H7Cl2N2/c11-9-2-1-8(5-10(9)12)6-14-4-3-13-7-14/h1-2,4-5,7H,6H2. The Morgan fingerprint density at radius 2 is 2.14 bits per heavy atom. The number of benzene rings is 1. The lowest BCUT2D eigenvalue weighted by Crippen LogP contribution is -1.95. The van der Waals surface area contributed by atoms with E-state index in [2.05, 4.69) is 11.2 Å². The van der Waals surface area contributed by atoms with Gasteiger partial charge in [0.15, 0.2) is 0 Å². The van der Waals surface area contributed by atoms with Gasteiger partial charge >= 0.3 is 0 Å². The van der Waals surface area contributed by atoms with Crippen LogP contribution in [0.1, 0.15) is 5.56 Å². The quantitative estimate of drug-likeness (QED) is 0.769. The van der Waals surface area contributed by atoms with E-state index in [1.165, 1.54) is 0 Å². The van der Waals surface area contributed by atoms with Crippen LogP contribution in [0.4, 0.5) is 0 Å². The second kappa shape index (κ2) is 4.03. The Bertz CT molecular complexity index is 424. The summed E-state index contributed by atoms with van der Waals surface area (Å²) in [4.78, 5) is 3.84. The first kappa shape index (κ1) is 9.56. The van der Waals surface area contributed by atoms with Gasteiger partial charge in [0, 0.05) is 12.7 Å². The molecule has 0 saturated heterocycles. The molecule has 2 aromatic rings. The van der Waals surface area contributed by atoms with Crippen molar-refractivity contribution in [2.24, 2.45) is 0 Å². The Morgan fingerprint density at radius 1 is 1.29 bits per heavy atom. The molecule has 0 aliphatic carbocycles. The fourth-order valence-electron chi connectivity index (χ4n) is 1.18. The van der Waals surface area contributed by atoms with Crippen LogP contribution in [0.15, 0.2) is 30.7 Å². The molecule has 1 heterocycles. The molecule has 0 saturated carbocycles. The highest BCUT2D eigenvalue weighted by Crippen LogP contribution is 2.22. The van der Waals surface area contributed by atoms with Crippen molar-refractivity contribution >= 4 is 23.2 Å². The van der Waals surface area contributed by atoms with Crippen molar-refractivity contribution in [1.29, 1.82) is 0 Å². The summed E-state index contributed by atoms with van der Waals surface area (Å²) in [5.74, 6) is 0. The van der Waals surface area contributed by atoms with Gasteiger partial charge in [-0.25, -0.2) is 4.98 Å². The van der Waals surface area contributed by atoms with Crippen LogP contribution in [0.3, 0.4) is 0 Å². The van der Waals surface area contributed by atoms with Crippen LogP contribution >= 0.6 is 23.2 Å². The van der Waals surface area contributed by atoms with E-state index in [4.69, 9.17) is 23.2 Å². The first-order chi connectivity index (χ1) is 6.75. The third-order valence-electron chi connectivity index (χ3n) is 1.85. The molecule has 14 heavy (non-hydrogen) atoms. The third kappa shape index (κ3) is 2.08. The molecule has 0 amide bonds. The summed E-state index contributed by atoms with van der Waals surface area (Å²) in [5, 5.41) is 1.15. The zero-order valence-electron chi connectivity index (χ0n) is 7.24. The van der Waals surface area contributed by atoms with Crippen LogP contribution in [0.25, 0.3) is 0 Å². The van der Waals surface area contributed by atoms with E-state index >= 15 is 0 Å². The third-order valence-corrected chi connectivity index (χ3v) is 2.59. The molecule has 4 heteroatoms. The van der Waals surface area contributed by atoms with Gasteiger partial charge in [-0.1, -0.05) is 29.3 Å². The molecule has 0 aliphatic rings. The molecule has 1 aromatic carbocycles. The highest BCUT2D eigenvalue weighted by Gasteiger charge is 1.99. The van der Waals surface area contributed by atoms with Crippen molar-refractivity contribution in [2.45, 2.75) is 6.54 Å². The summed E-state index contributed by atoms with van der Waals surface area (Å²) in [6.07, 6.45) is 6.22. The van der Waals surface area contributed by atoms with Crippen molar-refractivity contribution in [3.63, 3.8) is 0 Å². The molecule has 0 unspecified atom stereocenters. The minimum atomic E-state index is 0.576. The summed E-state index contributed by atoms with van der Waals surface area (Å²) in [5.41, 5.74) is 1.09. The van der Waals surface area contributed by atoms with Crippen LogP contribution in [-0.4, -0.2) is 9.55 Å².